The van der Waals surface area contributed by atoms with Crippen molar-refractivity contribution in [1.82, 2.24) is 24.2 Å². The normalized spacial score (nSPS) is 14.7. The second-order valence-electron chi connectivity index (χ2n) is 10.7. The lowest BCUT2D eigenvalue weighted by atomic mass is 10.1. The van der Waals surface area contributed by atoms with E-state index in [0.717, 1.165) is 47.1 Å². The summed E-state index contributed by atoms with van der Waals surface area (Å²) in [6, 6.07) is 16.3. The summed E-state index contributed by atoms with van der Waals surface area (Å²) < 4.78 is 9.81. The van der Waals surface area contributed by atoms with E-state index in [2.05, 4.69) is 55.0 Å². The molecule has 4 heterocycles. The monoisotopic (exact) mass is 507 g/mol. The van der Waals surface area contributed by atoms with Crippen molar-refractivity contribution < 1.29 is 9.53 Å². The first kappa shape index (κ1) is 23.8. The van der Waals surface area contributed by atoms with Crippen LogP contribution in [-0.4, -0.2) is 62.1 Å². The van der Waals surface area contributed by atoms with Crippen molar-refractivity contribution in [1.29, 1.82) is 0 Å². The van der Waals surface area contributed by atoms with Crippen LogP contribution in [0.4, 0.5) is 16.2 Å². The minimum absolute atomic E-state index is 0.251. The van der Waals surface area contributed by atoms with Gasteiger partial charge in [0.15, 0.2) is 11.5 Å². The van der Waals surface area contributed by atoms with Crippen molar-refractivity contribution in [3.8, 4) is 28.3 Å². The number of anilines is 1. The van der Waals surface area contributed by atoms with Crippen molar-refractivity contribution in [2.45, 2.75) is 32.9 Å². The lowest BCUT2D eigenvalue weighted by Crippen LogP contribution is -2.50. The van der Waals surface area contributed by atoms with Crippen molar-refractivity contribution in [2.24, 2.45) is 0 Å². The van der Waals surface area contributed by atoms with Crippen LogP contribution in [0.3, 0.4) is 0 Å². The van der Waals surface area contributed by atoms with Crippen molar-refractivity contribution in [3.05, 3.63) is 78.0 Å². The molecule has 0 saturated carbocycles. The summed E-state index contributed by atoms with van der Waals surface area (Å²) in [6.45, 7) is 16.3. The van der Waals surface area contributed by atoms with E-state index in [1.165, 1.54) is 5.56 Å². The topological polar surface area (TPSA) is 72.8 Å². The smallest absolute Gasteiger partial charge is 0.410 e. The number of aromatic nitrogens is 4. The number of amides is 1. The molecule has 192 valence electrons. The Balaban J connectivity index is 1.27. The van der Waals surface area contributed by atoms with Gasteiger partial charge in [-0.2, -0.15) is 0 Å². The molecule has 4 aromatic rings. The predicted octanol–water partition coefficient (Wildman–Crippen LogP) is 5.37. The minimum Gasteiger partial charge on any atom is -0.444 e. The van der Waals surface area contributed by atoms with Crippen molar-refractivity contribution in [3.63, 3.8) is 0 Å². The van der Waals surface area contributed by atoms with Crippen LogP contribution in [0.1, 0.15) is 26.3 Å². The zero-order valence-corrected chi connectivity index (χ0v) is 21.8. The Kier molecular flexibility index (Phi) is 5.68. The molecule has 38 heavy (non-hydrogen) atoms. The van der Waals surface area contributed by atoms with Crippen molar-refractivity contribution >= 4 is 17.5 Å². The highest BCUT2D eigenvalue weighted by molar-refractivity contribution is 5.73. The summed E-state index contributed by atoms with van der Waals surface area (Å²) >= 11 is 0. The molecule has 6 rings (SSSR count). The van der Waals surface area contributed by atoms with E-state index in [4.69, 9.17) is 11.3 Å². The maximum absolute atomic E-state index is 12.5. The number of piperazine rings is 1. The van der Waals surface area contributed by atoms with E-state index in [1.807, 2.05) is 49.6 Å². The fourth-order valence-corrected chi connectivity index (χ4v) is 5.09. The molecule has 9 nitrogen and oxygen atoms in total. The predicted molar refractivity (Wildman–Crippen MR) is 146 cm³/mol. The largest absolute Gasteiger partial charge is 0.444 e. The zero-order valence-electron chi connectivity index (χ0n) is 21.8. The molecule has 9 heteroatoms. The maximum atomic E-state index is 12.5. The molecule has 2 aliphatic heterocycles. The van der Waals surface area contributed by atoms with Crippen LogP contribution in [-0.2, 0) is 11.3 Å². The average molecular weight is 508 g/mol. The van der Waals surface area contributed by atoms with Gasteiger partial charge in [0.1, 0.15) is 11.9 Å². The van der Waals surface area contributed by atoms with Gasteiger partial charge in [-0.3, -0.25) is 4.57 Å². The molecule has 2 aromatic heterocycles. The molecule has 2 aromatic carbocycles. The van der Waals surface area contributed by atoms with Gasteiger partial charge in [-0.1, -0.05) is 24.3 Å². The fraction of sp³-hybridized carbons (Fsp3) is 0.310. The van der Waals surface area contributed by atoms with Crippen LogP contribution in [0.5, 0.6) is 0 Å². The standard InChI is InChI=1S/C29H29N7O2/c1-29(2,3)38-28(37)34-13-11-33(12-14-34)24-9-10-25-22(15-24)18-35-17-21(20-5-7-23(30-4)8-6-20)16-26(35)27-32-31-19-36(25)27/h5-10,15-17,19H,11-14,18H2,1-3H3. The van der Waals surface area contributed by atoms with E-state index in [-0.39, 0.29) is 6.09 Å². The SMILES string of the molecule is [C-]#[N+]c1ccc(-c2cc3n(c2)Cc2cc(N4CCN(C(=O)OC(C)(C)C)CC4)ccc2-n2cnnc2-3)cc1. The van der Waals surface area contributed by atoms with Crippen LogP contribution in [0.25, 0.3) is 33.2 Å². The Morgan fingerprint density at radius 3 is 2.47 bits per heavy atom. The molecular weight excluding hydrogens is 478 g/mol. The van der Waals surface area contributed by atoms with Gasteiger partial charge in [-0.25, -0.2) is 9.64 Å². The van der Waals surface area contributed by atoms with E-state index in [0.29, 0.717) is 25.3 Å². The molecular formula is C29H29N7O2. The maximum Gasteiger partial charge on any atom is 0.410 e. The lowest BCUT2D eigenvalue weighted by Gasteiger charge is -2.37. The minimum atomic E-state index is -0.495. The molecule has 0 aliphatic carbocycles. The van der Waals surface area contributed by atoms with Gasteiger partial charge in [0.05, 0.1) is 18.0 Å². The molecule has 0 radical (unpaired) electrons. The van der Waals surface area contributed by atoms with E-state index in [9.17, 15) is 4.79 Å². The van der Waals surface area contributed by atoms with Crippen LogP contribution in [0, 0.1) is 6.57 Å². The van der Waals surface area contributed by atoms with Gasteiger partial charge in [0, 0.05) is 50.2 Å². The zero-order chi connectivity index (χ0) is 26.4. The van der Waals surface area contributed by atoms with Crippen LogP contribution in [0.15, 0.2) is 61.1 Å². The molecule has 1 fully saturated rings. The summed E-state index contributed by atoms with van der Waals surface area (Å²) in [5, 5.41) is 8.66. The molecule has 0 unspecified atom stereocenters. The summed E-state index contributed by atoms with van der Waals surface area (Å²) in [4.78, 5) is 20.1. The third-order valence-corrected chi connectivity index (χ3v) is 6.96. The number of hydrogen-bond donors (Lipinski definition) is 0. The van der Waals surface area contributed by atoms with Crippen molar-refractivity contribution in [2.75, 3.05) is 31.1 Å². The van der Waals surface area contributed by atoms with Gasteiger partial charge in [0.2, 0.25) is 0 Å². The number of hydrogen-bond acceptors (Lipinski definition) is 5. The molecule has 0 bridgehead atoms. The molecule has 0 N–H and O–H groups in total. The highest BCUT2D eigenvalue weighted by Crippen LogP contribution is 2.35. The van der Waals surface area contributed by atoms with Gasteiger partial charge < -0.3 is 19.1 Å². The fourth-order valence-electron chi connectivity index (χ4n) is 5.09. The molecule has 2 aliphatic rings. The Labute approximate surface area is 221 Å². The first-order chi connectivity index (χ1) is 18.3. The quantitative estimate of drug-likeness (QED) is 0.300. The Morgan fingerprint density at radius 1 is 1.00 bits per heavy atom. The molecule has 0 spiro atoms. The number of ether oxygens (including phenoxy) is 1. The Morgan fingerprint density at radius 2 is 1.76 bits per heavy atom. The van der Waals surface area contributed by atoms with Crippen LogP contribution < -0.4 is 4.90 Å². The summed E-state index contributed by atoms with van der Waals surface area (Å²) in [6.07, 6.45) is 3.65. The van der Waals surface area contributed by atoms with Gasteiger partial charge in [-0.15, -0.1) is 10.2 Å². The molecule has 0 atom stereocenters. The highest BCUT2D eigenvalue weighted by Gasteiger charge is 2.27. The van der Waals surface area contributed by atoms with E-state index < -0.39 is 5.60 Å². The number of nitrogens with zero attached hydrogens (tertiary/aromatic N) is 7. The number of fused-ring (bicyclic) bond motifs is 5. The highest BCUT2D eigenvalue weighted by atomic mass is 16.6. The second kappa shape index (κ2) is 9.06. The summed E-state index contributed by atoms with van der Waals surface area (Å²) in [5.74, 6) is 0.798. The van der Waals surface area contributed by atoms with E-state index in [1.54, 1.807) is 11.2 Å². The summed E-state index contributed by atoms with van der Waals surface area (Å²) in [7, 11) is 0. The Hall–Kier alpha value is -4.58. The van der Waals surface area contributed by atoms with Crippen LogP contribution >= 0.6 is 0 Å². The number of carbonyl (C=O) groups excluding carboxylic acids is 1. The van der Waals surface area contributed by atoms with Gasteiger partial charge in [0.25, 0.3) is 0 Å². The second-order valence-corrected chi connectivity index (χ2v) is 10.7. The van der Waals surface area contributed by atoms with E-state index >= 15 is 0 Å². The number of carbonyl (C=O) groups is 1. The van der Waals surface area contributed by atoms with Crippen LogP contribution in [0.2, 0.25) is 0 Å². The third-order valence-electron chi connectivity index (χ3n) is 6.96. The first-order valence-corrected chi connectivity index (χ1v) is 12.7. The lowest BCUT2D eigenvalue weighted by molar-refractivity contribution is 0.0240. The number of rotatable bonds is 2. The van der Waals surface area contributed by atoms with Gasteiger partial charge in [-0.05, 0) is 56.2 Å². The molecule has 1 amide bonds. The first-order valence-electron chi connectivity index (χ1n) is 12.7. The number of benzene rings is 2. The third kappa shape index (κ3) is 4.39. The molecule has 1 saturated heterocycles. The average Bonchev–Trinajstić information content (AvgIpc) is 3.53. The summed E-state index contributed by atoms with van der Waals surface area (Å²) in [5.41, 5.74) is 6.62. The van der Waals surface area contributed by atoms with Gasteiger partial charge >= 0.3 is 6.09 Å². The Bertz CT molecular complexity index is 1540.